The average Bonchev–Trinajstić information content (AvgIpc) is 2.79. The van der Waals surface area contributed by atoms with E-state index in [0.29, 0.717) is 47.1 Å². The van der Waals surface area contributed by atoms with Crippen molar-refractivity contribution in [1.82, 2.24) is 50.2 Å². The molecule has 0 atom stereocenters. The van der Waals surface area contributed by atoms with E-state index in [9.17, 15) is 24.0 Å². The standard InChI is InChI=1S/C17H13N3O2.C15H9N3O2.C9H9FO2.C8H5N3.C7H5IN2.C7H6N2.Li.H2O/c1-2-22-17(21)12-7-9-13(10-8-12)20-16-6-4-3-5-14(16)15(11-18)19-20;16-9-13-12-3-1-2-4-14(12)18(17-13)11-7-5-10(6-8-11)15(19)20;1-2-12-9(11)7-3-5-8(10)6-4-7;9-5-8-6-3-1-2-4-7(6)10-11-8;8-7-5-3-1-2-4-6(5)9-10-7;1-2-4-7-6(3-1)5-8-9-7;;/h3-10H,2H2,1H3;1-8H,(H,19,20);3-6H,2H2,1H3;1-4H,(H,10,11);1-4H,(H,9,10);1-5H,(H,8,9);;1H2/q;;;;;;+1;/p-1. The van der Waals surface area contributed by atoms with E-state index in [-0.39, 0.29) is 41.7 Å². The van der Waals surface area contributed by atoms with E-state index in [1.807, 2.05) is 128 Å². The van der Waals surface area contributed by atoms with Gasteiger partial charge in [0, 0.05) is 26.9 Å². The van der Waals surface area contributed by atoms with Gasteiger partial charge in [0.2, 0.25) is 0 Å². The molecule has 0 saturated carbocycles. The minimum atomic E-state index is -0.973. The van der Waals surface area contributed by atoms with Crippen LogP contribution in [0.5, 0.6) is 0 Å². The van der Waals surface area contributed by atoms with Crippen molar-refractivity contribution in [2.75, 3.05) is 13.2 Å². The third kappa shape index (κ3) is 16.1. The number of aromatic nitrogens is 10. The van der Waals surface area contributed by atoms with Gasteiger partial charge in [-0.05, 0) is 158 Å². The molecule has 0 radical (unpaired) electrons. The summed E-state index contributed by atoms with van der Waals surface area (Å²) in [7, 11) is 0. The van der Waals surface area contributed by atoms with Crippen LogP contribution in [0, 0.1) is 43.5 Å². The number of esters is 2. The Hall–Kier alpha value is -10.8. The number of carbonyl (C=O) groups excluding carboxylic acids is 2. The molecular weight excluding hydrogens is 1200 g/mol. The molecule has 422 valence electrons. The quantitative estimate of drug-likeness (QED) is 0.0655. The molecule has 0 aliphatic rings. The maximum atomic E-state index is 12.4. The number of aromatic carboxylic acids is 1. The van der Waals surface area contributed by atoms with Crippen molar-refractivity contribution >= 4 is 95.0 Å². The molecule has 23 heteroatoms. The number of aromatic amines is 3. The van der Waals surface area contributed by atoms with E-state index in [0.717, 1.165) is 58.5 Å². The Morgan fingerprint density at radius 3 is 1.47 bits per heavy atom. The number of H-pyrrole nitrogens is 3. The molecule has 0 unspecified atom stereocenters. The van der Waals surface area contributed by atoms with Crippen LogP contribution in [-0.4, -0.2) is 91.9 Å². The average molecular weight is 1250 g/mol. The molecule has 0 aliphatic heterocycles. The topological polar surface area (TPSA) is 313 Å². The molecule has 5 N–H and O–H groups in total. The van der Waals surface area contributed by atoms with Crippen molar-refractivity contribution in [1.29, 1.82) is 15.8 Å². The largest absolute Gasteiger partial charge is 1.00 e. The van der Waals surface area contributed by atoms with Gasteiger partial charge in [0.05, 0.1) is 75.1 Å². The summed E-state index contributed by atoms with van der Waals surface area (Å²) in [6.45, 7) is 4.17. The number of nitrogens with zero attached hydrogens (tertiary/aromatic N) is 10. The van der Waals surface area contributed by atoms with Gasteiger partial charge in [-0.3, -0.25) is 15.3 Å². The van der Waals surface area contributed by atoms with Crippen molar-refractivity contribution in [3.63, 3.8) is 0 Å². The fourth-order valence-electron chi connectivity index (χ4n) is 8.05. The normalized spacial score (nSPS) is 9.92. The first-order chi connectivity index (χ1) is 40.9. The Balaban J connectivity index is 0.000000170. The molecule has 0 bridgehead atoms. The van der Waals surface area contributed by atoms with E-state index in [1.54, 1.807) is 59.6 Å². The van der Waals surface area contributed by atoms with E-state index in [4.69, 9.17) is 25.1 Å². The first kappa shape index (κ1) is 64.4. The molecule has 0 saturated heterocycles. The third-order valence-corrected chi connectivity index (χ3v) is 12.9. The second-order valence-corrected chi connectivity index (χ2v) is 18.4. The Bertz CT molecular complexity index is 4490. The number of benzene rings is 8. The van der Waals surface area contributed by atoms with Gasteiger partial charge in [0.15, 0.2) is 17.1 Å². The maximum Gasteiger partial charge on any atom is 1.00 e. The predicted octanol–water partition coefficient (Wildman–Crippen LogP) is 9.66. The minimum Gasteiger partial charge on any atom is -0.870 e. The van der Waals surface area contributed by atoms with Gasteiger partial charge >= 0.3 is 36.8 Å². The van der Waals surface area contributed by atoms with Crippen LogP contribution in [0.2, 0.25) is 0 Å². The Labute approximate surface area is 515 Å². The zero-order valence-electron chi connectivity index (χ0n) is 46.1. The van der Waals surface area contributed by atoms with Crippen LogP contribution >= 0.6 is 22.6 Å². The molecule has 5 heterocycles. The summed E-state index contributed by atoms with van der Waals surface area (Å²) in [5, 5.41) is 69.5. The van der Waals surface area contributed by atoms with Gasteiger partial charge in [-0.15, -0.1) is 0 Å². The van der Waals surface area contributed by atoms with Crippen molar-refractivity contribution in [3.8, 4) is 29.6 Å². The van der Waals surface area contributed by atoms with E-state index in [1.165, 1.54) is 41.8 Å². The molecule has 8 aromatic carbocycles. The van der Waals surface area contributed by atoms with Crippen LogP contribution < -0.4 is 18.9 Å². The van der Waals surface area contributed by atoms with Gasteiger partial charge in [-0.1, -0.05) is 72.8 Å². The number of nitrogens with one attached hydrogen (secondary N) is 3. The van der Waals surface area contributed by atoms with Gasteiger partial charge in [-0.2, -0.15) is 41.3 Å². The molecule has 20 nitrogen and oxygen atoms in total. The number of para-hydroxylation sites is 5. The van der Waals surface area contributed by atoms with Crippen LogP contribution in [0.15, 0.2) is 200 Å². The van der Waals surface area contributed by atoms with Crippen molar-refractivity contribution in [3.05, 3.63) is 244 Å². The van der Waals surface area contributed by atoms with Gasteiger partial charge in [0.1, 0.15) is 27.7 Å². The van der Waals surface area contributed by atoms with E-state index in [2.05, 4.69) is 81.6 Å². The number of rotatable bonds is 7. The molecule has 0 aliphatic carbocycles. The second kappa shape index (κ2) is 31.6. The number of ether oxygens (including phenoxy) is 2. The van der Waals surface area contributed by atoms with E-state index < -0.39 is 11.9 Å². The predicted molar refractivity (Wildman–Crippen MR) is 324 cm³/mol. The summed E-state index contributed by atoms with van der Waals surface area (Å²) in [6.07, 6.45) is 1.81. The number of carboxylic acids is 1. The first-order valence-electron chi connectivity index (χ1n) is 25.5. The number of carboxylic acid groups (broad SMARTS) is 1. The number of nitriles is 3. The monoisotopic (exact) mass is 1250 g/mol. The number of hydrogen-bond acceptors (Lipinski definition) is 14. The summed E-state index contributed by atoms with van der Waals surface area (Å²) in [5.41, 5.74) is 8.46. The number of halogens is 2. The van der Waals surface area contributed by atoms with Crippen LogP contribution in [0.1, 0.15) is 62.0 Å². The molecule has 0 spiro atoms. The third-order valence-electron chi connectivity index (χ3n) is 12.1. The van der Waals surface area contributed by atoms with Crippen molar-refractivity contribution in [2.45, 2.75) is 13.8 Å². The van der Waals surface area contributed by atoms with Gasteiger partial charge in [-0.25, -0.2) is 28.1 Å². The number of fused-ring (bicyclic) bond motifs is 5. The Morgan fingerprint density at radius 1 is 0.535 bits per heavy atom. The van der Waals surface area contributed by atoms with Crippen LogP contribution in [0.4, 0.5) is 4.39 Å². The number of hydrogen-bond donors (Lipinski definition) is 4. The zero-order chi connectivity index (χ0) is 59.4. The molecule has 13 rings (SSSR count). The summed E-state index contributed by atoms with van der Waals surface area (Å²) in [6, 6.07) is 63.3. The van der Waals surface area contributed by atoms with Gasteiger partial charge < -0.3 is 20.1 Å². The summed E-state index contributed by atoms with van der Waals surface area (Å²) in [4.78, 5) is 33.5. The van der Waals surface area contributed by atoms with Crippen molar-refractivity contribution in [2.24, 2.45) is 0 Å². The second-order valence-electron chi connectivity index (χ2n) is 17.4. The zero-order valence-corrected chi connectivity index (χ0v) is 48.3. The fraction of sp³-hybridized carbons (Fsp3) is 0.0635. The summed E-state index contributed by atoms with van der Waals surface area (Å²) in [5.74, 6) is -2.10. The summed E-state index contributed by atoms with van der Waals surface area (Å²) >= 11 is 2.24. The molecule has 0 amide bonds. The molecule has 0 fully saturated rings. The van der Waals surface area contributed by atoms with Crippen LogP contribution in [-0.2, 0) is 9.47 Å². The Kier molecular flexibility index (Phi) is 23.6. The number of carbonyl (C=O) groups is 3. The Morgan fingerprint density at radius 2 is 0.977 bits per heavy atom. The van der Waals surface area contributed by atoms with E-state index >= 15 is 0 Å². The van der Waals surface area contributed by atoms with Crippen LogP contribution in [0.25, 0.3) is 65.9 Å². The molecule has 86 heavy (non-hydrogen) atoms. The molecule has 5 aromatic heterocycles. The van der Waals surface area contributed by atoms with Gasteiger partial charge in [0.25, 0.3) is 0 Å². The SMILES string of the molecule is CCOC(=O)c1ccc(-n2nc(C#N)c3ccccc32)cc1.CCOC(=O)c1ccc(F)cc1.Ic1[nH]nc2ccccc12.N#Cc1n[nH]c2ccccc12.N#Cc1nn(-c2ccc(C(=O)O)cc2)c2ccccc12.[Li+].[OH-].c1ccc2[nH]ncc2c1. The van der Waals surface area contributed by atoms with Crippen LogP contribution in [0.3, 0.4) is 0 Å². The minimum absolute atomic E-state index is 0. The first-order valence-corrected chi connectivity index (χ1v) is 26.6. The van der Waals surface area contributed by atoms with Crippen molar-refractivity contribution < 1.29 is 57.7 Å². The maximum absolute atomic E-state index is 12.4. The molecule has 13 aromatic rings. The smallest absolute Gasteiger partial charge is 0.870 e. The summed E-state index contributed by atoms with van der Waals surface area (Å²) < 4.78 is 26.5. The fourth-order valence-corrected chi connectivity index (χ4v) is 8.62. The molecular formula is C63H48FILiN13O7.